The SMILES string of the molecule is CC1N(C)c2ccc(N=C3C=C(N4CCOCC4)CC(C)(C)C3)cc2C1(C)C. The number of rotatable bonds is 2. The van der Waals surface area contributed by atoms with Crippen molar-refractivity contribution >= 4 is 17.1 Å². The monoisotopic (exact) mass is 381 g/mol. The maximum atomic E-state index is 5.54. The van der Waals surface area contributed by atoms with E-state index in [-0.39, 0.29) is 10.8 Å². The molecule has 3 aliphatic rings. The van der Waals surface area contributed by atoms with Gasteiger partial charge in [-0.05, 0) is 55.0 Å². The van der Waals surface area contributed by atoms with Gasteiger partial charge in [0, 0.05) is 48.7 Å². The Morgan fingerprint density at radius 3 is 2.50 bits per heavy atom. The molecule has 1 fully saturated rings. The van der Waals surface area contributed by atoms with E-state index in [1.54, 1.807) is 0 Å². The van der Waals surface area contributed by atoms with Crippen LogP contribution >= 0.6 is 0 Å². The summed E-state index contributed by atoms with van der Waals surface area (Å²) in [7, 11) is 2.20. The molecule has 0 aromatic heterocycles. The Labute approximate surface area is 170 Å². The van der Waals surface area contributed by atoms with Gasteiger partial charge in [-0.3, -0.25) is 4.99 Å². The van der Waals surface area contributed by atoms with E-state index in [1.807, 2.05) is 0 Å². The molecular formula is C24H35N3O. The van der Waals surface area contributed by atoms with Gasteiger partial charge in [0.15, 0.2) is 0 Å². The van der Waals surface area contributed by atoms with Crippen LogP contribution in [0.25, 0.3) is 0 Å². The van der Waals surface area contributed by atoms with E-state index < -0.39 is 0 Å². The molecular weight excluding hydrogens is 346 g/mol. The molecule has 4 nitrogen and oxygen atoms in total. The number of allylic oxidation sites excluding steroid dienone is 2. The number of hydrogen-bond acceptors (Lipinski definition) is 4. The van der Waals surface area contributed by atoms with E-state index in [1.165, 1.54) is 22.7 Å². The smallest absolute Gasteiger partial charge is 0.0642 e. The highest BCUT2D eigenvalue weighted by molar-refractivity contribution is 5.98. The van der Waals surface area contributed by atoms with Gasteiger partial charge >= 0.3 is 0 Å². The Morgan fingerprint density at radius 1 is 1.07 bits per heavy atom. The molecule has 1 unspecified atom stereocenters. The summed E-state index contributed by atoms with van der Waals surface area (Å²) < 4.78 is 5.54. The van der Waals surface area contributed by atoms with Crippen LogP contribution in [-0.2, 0) is 10.2 Å². The Hall–Kier alpha value is -1.81. The van der Waals surface area contributed by atoms with Gasteiger partial charge in [-0.25, -0.2) is 0 Å². The average molecular weight is 382 g/mol. The summed E-state index contributed by atoms with van der Waals surface area (Å²) >= 11 is 0. The molecule has 0 saturated carbocycles. The maximum Gasteiger partial charge on any atom is 0.0642 e. The van der Waals surface area contributed by atoms with E-state index in [4.69, 9.17) is 9.73 Å². The van der Waals surface area contributed by atoms with Gasteiger partial charge in [-0.15, -0.1) is 0 Å². The Morgan fingerprint density at radius 2 is 1.79 bits per heavy atom. The molecule has 1 saturated heterocycles. The largest absolute Gasteiger partial charge is 0.378 e. The molecule has 0 radical (unpaired) electrons. The second-order valence-corrected chi connectivity index (χ2v) is 10.1. The summed E-state index contributed by atoms with van der Waals surface area (Å²) in [6.07, 6.45) is 4.48. The fourth-order valence-corrected chi connectivity index (χ4v) is 4.96. The van der Waals surface area contributed by atoms with Crippen LogP contribution in [0.1, 0.15) is 53.0 Å². The summed E-state index contributed by atoms with van der Waals surface area (Å²) in [6.45, 7) is 15.4. The van der Waals surface area contributed by atoms with E-state index in [0.717, 1.165) is 44.8 Å². The van der Waals surface area contributed by atoms with Crippen LogP contribution < -0.4 is 4.90 Å². The minimum atomic E-state index is 0.140. The lowest BCUT2D eigenvalue weighted by Gasteiger charge is -2.38. The molecule has 152 valence electrons. The first-order valence-corrected chi connectivity index (χ1v) is 10.7. The average Bonchev–Trinajstić information content (AvgIpc) is 2.82. The number of nitrogens with zero attached hydrogens (tertiary/aromatic N) is 3. The summed E-state index contributed by atoms with van der Waals surface area (Å²) in [4.78, 5) is 10.00. The van der Waals surface area contributed by atoms with Crippen molar-refractivity contribution in [1.82, 2.24) is 4.90 Å². The number of ether oxygens (including phenoxy) is 1. The van der Waals surface area contributed by atoms with Crippen LogP contribution in [0, 0.1) is 5.41 Å². The second-order valence-electron chi connectivity index (χ2n) is 10.1. The number of anilines is 1. The van der Waals surface area contributed by atoms with Crippen LogP contribution in [0.4, 0.5) is 11.4 Å². The zero-order valence-corrected chi connectivity index (χ0v) is 18.4. The van der Waals surface area contributed by atoms with Crippen molar-refractivity contribution in [2.24, 2.45) is 10.4 Å². The zero-order valence-electron chi connectivity index (χ0n) is 18.4. The zero-order chi connectivity index (χ0) is 20.1. The lowest BCUT2D eigenvalue weighted by atomic mass is 9.78. The van der Waals surface area contributed by atoms with Crippen LogP contribution in [0.2, 0.25) is 0 Å². The van der Waals surface area contributed by atoms with Gasteiger partial charge in [-0.2, -0.15) is 0 Å². The molecule has 4 rings (SSSR count). The molecule has 2 aliphatic heterocycles. The number of aliphatic imine (C=N–C) groups is 1. The van der Waals surface area contributed by atoms with Gasteiger partial charge in [0.2, 0.25) is 0 Å². The minimum Gasteiger partial charge on any atom is -0.378 e. The Bertz CT molecular complexity index is 815. The molecule has 0 spiro atoms. The number of morpholine rings is 1. The van der Waals surface area contributed by atoms with Gasteiger partial charge in [0.25, 0.3) is 0 Å². The van der Waals surface area contributed by atoms with Crippen molar-refractivity contribution in [1.29, 1.82) is 0 Å². The highest BCUT2D eigenvalue weighted by Gasteiger charge is 2.40. The summed E-state index contributed by atoms with van der Waals surface area (Å²) in [5, 5.41) is 0. The third-order valence-corrected chi connectivity index (χ3v) is 7.02. The van der Waals surface area contributed by atoms with Crippen LogP contribution in [0.3, 0.4) is 0 Å². The standard InChI is InChI=1S/C24H35N3O/c1-17-24(4,5)21-14-18(7-8-22(21)26(17)6)25-19-13-20(16-23(2,3)15-19)27-9-11-28-12-10-27/h7-8,13-14,17H,9-12,15-16H2,1-6H3. The maximum absolute atomic E-state index is 5.54. The summed E-state index contributed by atoms with van der Waals surface area (Å²) in [5.74, 6) is 0. The van der Waals surface area contributed by atoms with Crippen molar-refractivity contribution in [2.75, 3.05) is 38.3 Å². The third kappa shape index (κ3) is 3.47. The first-order valence-electron chi connectivity index (χ1n) is 10.7. The number of fused-ring (bicyclic) bond motifs is 1. The highest BCUT2D eigenvalue weighted by Crippen LogP contribution is 2.45. The molecule has 0 bridgehead atoms. The Balaban J connectivity index is 1.67. The summed E-state index contributed by atoms with van der Waals surface area (Å²) in [5.41, 5.74) is 6.85. The normalized spacial score (nSPS) is 27.7. The molecule has 1 aliphatic carbocycles. The fourth-order valence-electron chi connectivity index (χ4n) is 4.96. The van der Waals surface area contributed by atoms with Crippen LogP contribution in [-0.4, -0.2) is 50.0 Å². The van der Waals surface area contributed by atoms with Crippen LogP contribution in [0.5, 0.6) is 0 Å². The highest BCUT2D eigenvalue weighted by atomic mass is 16.5. The molecule has 2 heterocycles. The molecule has 1 atom stereocenters. The predicted molar refractivity (Wildman–Crippen MR) is 118 cm³/mol. The minimum absolute atomic E-state index is 0.140. The van der Waals surface area contributed by atoms with E-state index in [2.05, 4.69) is 75.7 Å². The molecule has 4 heteroatoms. The van der Waals surface area contributed by atoms with Crippen LogP contribution in [0.15, 0.2) is 35.0 Å². The lowest BCUT2D eigenvalue weighted by Crippen LogP contribution is -2.39. The number of likely N-dealkylation sites (N-methyl/N-ethyl adjacent to an activating group) is 1. The molecule has 0 amide bonds. The first kappa shape index (κ1) is 19.5. The predicted octanol–water partition coefficient (Wildman–Crippen LogP) is 4.91. The topological polar surface area (TPSA) is 28.1 Å². The van der Waals surface area contributed by atoms with Crippen molar-refractivity contribution in [3.05, 3.63) is 35.5 Å². The Kier molecular flexibility index (Phi) is 4.81. The van der Waals surface area contributed by atoms with Crippen molar-refractivity contribution in [3.63, 3.8) is 0 Å². The molecule has 1 aromatic rings. The third-order valence-electron chi connectivity index (χ3n) is 7.02. The second kappa shape index (κ2) is 6.91. The first-order chi connectivity index (χ1) is 13.2. The molecule has 1 aromatic carbocycles. The van der Waals surface area contributed by atoms with Gasteiger partial charge in [0.1, 0.15) is 0 Å². The molecule has 0 N–H and O–H groups in total. The quantitative estimate of drug-likeness (QED) is 0.728. The summed E-state index contributed by atoms with van der Waals surface area (Å²) in [6, 6.07) is 7.24. The van der Waals surface area contributed by atoms with Crippen molar-refractivity contribution in [2.45, 2.75) is 58.9 Å². The van der Waals surface area contributed by atoms with E-state index in [0.29, 0.717) is 6.04 Å². The van der Waals surface area contributed by atoms with Gasteiger partial charge < -0.3 is 14.5 Å². The molecule has 28 heavy (non-hydrogen) atoms. The number of hydrogen-bond donors (Lipinski definition) is 0. The van der Waals surface area contributed by atoms with E-state index in [9.17, 15) is 0 Å². The van der Waals surface area contributed by atoms with Crippen molar-refractivity contribution in [3.8, 4) is 0 Å². The number of benzene rings is 1. The lowest BCUT2D eigenvalue weighted by molar-refractivity contribution is 0.0491. The van der Waals surface area contributed by atoms with Gasteiger partial charge in [-0.1, -0.05) is 27.7 Å². The fraction of sp³-hybridized carbons (Fsp3) is 0.625. The van der Waals surface area contributed by atoms with E-state index >= 15 is 0 Å². The van der Waals surface area contributed by atoms with Gasteiger partial charge in [0.05, 0.1) is 18.9 Å². The van der Waals surface area contributed by atoms with Crippen molar-refractivity contribution < 1.29 is 4.74 Å².